The van der Waals surface area contributed by atoms with Crippen molar-refractivity contribution in [1.82, 2.24) is 15.5 Å². The topological polar surface area (TPSA) is 51.0 Å². The van der Waals surface area contributed by atoms with Crippen molar-refractivity contribution < 1.29 is 4.52 Å². The van der Waals surface area contributed by atoms with Gasteiger partial charge >= 0.3 is 0 Å². The van der Waals surface area contributed by atoms with Gasteiger partial charge in [-0.2, -0.15) is 16.7 Å². The van der Waals surface area contributed by atoms with Crippen molar-refractivity contribution in [2.24, 2.45) is 5.92 Å². The first kappa shape index (κ1) is 15.8. The van der Waals surface area contributed by atoms with Crippen LogP contribution in [0.4, 0.5) is 0 Å². The highest BCUT2D eigenvalue weighted by molar-refractivity contribution is 7.99. The molecule has 1 N–H and O–H groups in total. The average Bonchev–Trinajstić information content (AvgIpc) is 3.07. The van der Waals surface area contributed by atoms with Gasteiger partial charge in [0.05, 0.1) is 11.7 Å². The molecule has 0 amide bonds. The lowest BCUT2D eigenvalue weighted by Crippen LogP contribution is -2.32. The molecule has 1 fully saturated rings. The molecule has 2 atom stereocenters. The molecular formula is C15H27N3OS. The fourth-order valence-electron chi connectivity index (χ4n) is 2.96. The molecule has 0 bridgehead atoms. The van der Waals surface area contributed by atoms with Gasteiger partial charge in [-0.05, 0) is 32.7 Å². The molecule has 114 valence electrons. The lowest BCUT2D eigenvalue weighted by Gasteiger charge is -2.23. The molecule has 0 aliphatic heterocycles. The summed E-state index contributed by atoms with van der Waals surface area (Å²) in [6.45, 7) is 6.58. The van der Waals surface area contributed by atoms with Crippen LogP contribution in [-0.2, 0) is 5.75 Å². The van der Waals surface area contributed by atoms with Gasteiger partial charge in [0.15, 0.2) is 5.82 Å². The Balaban J connectivity index is 1.95. The van der Waals surface area contributed by atoms with Crippen molar-refractivity contribution in [3.63, 3.8) is 0 Å². The molecule has 1 aliphatic rings. The Labute approximate surface area is 126 Å². The van der Waals surface area contributed by atoms with Crippen molar-refractivity contribution in [3.05, 3.63) is 11.7 Å². The predicted molar refractivity (Wildman–Crippen MR) is 83.9 cm³/mol. The Morgan fingerprint density at radius 2 is 2.00 bits per heavy atom. The first-order valence-corrected chi connectivity index (χ1v) is 8.78. The maximum atomic E-state index is 5.51. The van der Waals surface area contributed by atoms with Crippen LogP contribution < -0.4 is 5.32 Å². The summed E-state index contributed by atoms with van der Waals surface area (Å²) < 4.78 is 5.51. The molecule has 1 heterocycles. The average molecular weight is 297 g/mol. The van der Waals surface area contributed by atoms with E-state index in [2.05, 4.69) is 36.2 Å². The van der Waals surface area contributed by atoms with Gasteiger partial charge < -0.3 is 9.84 Å². The summed E-state index contributed by atoms with van der Waals surface area (Å²) in [5.41, 5.74) is 0. The van der Waals surface area contributed by atoms with Crippen LogP contribution in [0.15, 0.2) is 4.52 Å². The third-order valence-corrected chi connectivity index (χ3v) is 5.60. The third kappa shape index (κ3) is 3.98. The van der Waals surface area contributed by atoms with Crippen molar-refractivity contribution in [3.8, 4) is 0 Å². The van der Waals surface area contributed by atoms with E-state index < -0.39 is 0 Å². The number of thioether (sulfide) groups is 1. The van der Waals surface area contributed by atoms with Crippen LogP contribution in [0.3, 0.4) is 0 Å². The van der Waals surface area contributed by atoms with E-state index in [4.69, 9.17) is 4.52 Å². The summed E-state index contributed by atoms with van der Waals surface area (Å²) in [6, 6.07) is 0.339. The van der Waals surface area contributed by atoms with E-state index >= 15 is 0 Å². The van der Waals surface area contributed by atoms with Gasteiger partial charge in [-0.25, -0.2) is 0 Å². The van der Waals surface area contributed by atoms with E-state index in [1.165, 1.54) is 25.7 Å². The van der Waals surface area contributed by atoms with Crippen LogP contribution >= 0.6 is 11.8 Å². The van der Waals surface area contributed by atoms with Gasteiger partial charge in [-0.3, -0.25) is 0 Å². The normalized spacial score (nSPS) is 19.6. The molecule has 20 heavy (non-hydrogen) atoms. The van der Waals surface area contributed by atoms with E-state index in [9.17, 15) is 0 Å². The molecule has 0 saturated heterocycles. The summed E-state index contributed by atoms with van der Waals surface area (Å²) in [6.07, 6.45) is 5.45. The first-order valence-electron chi connectivity index (χ1n) is 7.73. The Hall–Kier alpha value is -0.550. The number of rotatable bonds is 7. The van der Waals surface area contributed by atoms with Gasteiger partial charge in [-0.1, -0.05) is 31.8 Å². The number of aromatic nitrogens is 2. The fraction of sp³-hybridized carbons (Fsp3) is 0.867. The summed E-state index contributed by atoms with van der Waals surface area (Å²) in [5, 5.41) is 8.26. The highest BCUT2D eigenvalue weighted by atomic mass is 32.2. The van der Waals surface area contributed by atoms with Crippen LogP contribution in [-0.4, -0.2) is 28.5 Å². The number of hydrogen-bond donors (Lipinski definition) is 1. The molecule has 2 rings (SSSR count). The van der Waals surface area contributed by atoms with Gasteiger partial charge in [0.1, 0.15) is 0 Å². The molecule has 4 nitrogen and oxygen atoms in total. The zero-order valence-corrected chi connectivity index (χ0v) is 13.9. The smallest absolute Gasteiger partial charge is 0.231 e. The molecule has 1 aromatic heterocycles. The quantitative estimate of drug-likeness (QED) is 0.833. The van der Waals surface area contributed by atoms with Crippen molar-refractivity contribution >= 4 is 11.8 Å². The lowest BCUT2D eigenvalue weighted by atomic mass is 9.89. The molecule has 5 heteroatoms. The van der Waals surface area contributed by atoms with E-state index in [0.29, 0.717) is 12.0 Å². The molecule has 0 radical (unpaired) electrons. The van der Waals surface area contributed by atoms with Crippen molar-refractivity contribution in [2.45, 2.75) is 69.4 Å². The highest BCUT2D eigenvalue weighted by Gasteiger charge is 2.27. The van der Waals surface area contributed by atoms with E-state index in [-0.39, 0.29) is 5.92 Å². The standard InChI is InChI=1S/C15H27N3OS/c1-10(2)14(11(3)16-4)15-17-13(18-19-15)9-20-12-7-5-6-8-12/h10-12,14,16H,5-9H2,1-4H3. The Kier molecular flexibility index (Phi) is 5.90. The number of nitrogens with one attached hydrogen (secondary N) is 1. The minimum absolute atomic E-state index is 0.276. The minimum atomic E-state index is 0.276. The second-order valence-electron chi connectivity index (χ2n) is 6.11. The largest absolute Gasteiger partial charge is 0.339 e. The molecule has 2 unspecified atom stereocenters. The van der Waals surface area contributed by atoms with Gasteiger partial charge in [-0.15, -0.1) is 0 Å². The maximum Gasteiger partial charge on any atom is 0.231 e. The van der Waals surface area contributed by atoms with Crippen molar-refractivity contribution in [2.75, 3.05) is 7.05 Å². The van der Waals surface area contributed by atoms with Crippen LogP contribution in [0.1, 0.15) is 64.1 Å². The molecule has 1 saturated carbocycles. The minimum Gasteiger partial charge on any atom is -0.339 e. The molecular weight excluding hydrogens is 270 g/mol. The highest BCUT2D eigenvalue weighted by Crippen LogP contribution is 2.32. The summed E-state index contributed by atoms with van der Waals surface area (Å²) in [5.74, 6) is 3.27. The Bertz CT molecular complexity index is 402. The summed E-state index contributed by atoms with van der Waals surface area (Å²) in [4.78, 5) is 4.62. The van der Waals surface area contributed by atoms with Gasteiger partial charge in [0.2, 0.25) is 5.89 Å². The summed E-state index contributed by atoms with van der Waals surface area (Å²) >= 11 is 1.98. The second kappa shape index (κ2) is 7.46. The van der Waals surface area contributed by atoms with Crippen LogP contribution in [0.2, 0.25) is 0 Å². The molecule has 1 aromatic rings. The van der Waals surface area contributed by atoms with Crippen LogP contribution in [0.5, 0.6) is 0 Å². The Morgan fingerprint density at radius 3 is 2.60 bits per heavy atom. The molecule has 0 aromatic carbocycles. The zero-order valence-electron chi connectivity index (χ0n) is 13.1. The summed E-state index contributed by atoms with van der Waals surface area (Å²) in [7, 11) is 1.98. The predicted octanol–water partition coefficient (Wildman–Crippen LogP) is 3.59. The molecule has 1 aliphatic carbocycles. The third-order valence-electron chi connectivity index (χ3n) is 4.23. The number of likely N-dealkylation sites (N-methyl/N-ethyl adjacent to an activating group) is 1. The van der Waals surface area contributed by atoms with E-state index in [0.717, 1.165) is 22.7 Å². The number of hydrogen-bond acceptors (Lipinski definition) is 5. The van der Waals surface area contributed by atoms with Crippen LogP contribution in [0, 0.1) is 5.92 Å². The van der Waals surface area contributed by atoms with Crippen molar-refractivity contribution in [1.29, 1.82) is 0 Å². The Morgan fingerprint density at radius 1 is 1.30 bits per heavy atom. The van der Waals surface area contributed by atoms with E-state index in [1.807, 2.05) is 18.8 Å². The lowest BCUT2D eigenvalue weighted by molar-refractivity contribution is 0.285. The van der Waals surface area contributed by atoms with Gasteiger partial charge in [0, 0.05) is 11.3 Å². The second-order valence-corrected chi connectivity index (χ2v) is 7.40. The SMILES string of the molecule is CNC(C)C(c1nc(CSC2CCCC2)no1)C(C)C. The van der Waals surface area contributed by atoms with E-state index in [1.54, 1.807) is 0 Å². The fourth-order valence-corrected chi connectivity index (χ4v) is 4.13. The van der Waals surface area contributed by atoms with Gasteiger partial charge in [0.25, 0.3) is 0 Å². The first-order chi connectivity index (χ1) is 9.61. The molecule has 0 spiro atoms. The maximum absolute atomic E-state index is 5.51. The number of nitrogens with zero attached hydrogens (tertiary/aromatic N) is 2. The zero-order chi connectivity index (χ0) is 14.5. The van der Waals surface area contributed by atoms with Crippen LogP contribution in [0.25, 0.3) is 0 Å². The monoisotopic (exact) mass is 297 g/mol.